The molecular formula is C20H24N2. The highest BCUT2D eigenvalue weighted by molar-refractivity contribution is 5.89. The van der Waals surface area contributed by atoms with Gasteiger partial charge in [-0.05, 0) is 47.6 Å². The summed E-state index contributed by atoms with van der Waals surface area (Å²) in [5, 5.41) is 3.53. The number of benzene rings is 1. The van der Waals surface area contributed by atoms with E-state index in [0.717, 1.165) is 18.8 Å². The first-order valence-corrected chi connectivity index (χ1v) is 8.11. The topological polar surface area (TPSA) is 24.4 Å². The van der Waals surface area contributed by atoms with Gasteiger partial charge >= 0.3 is 0 Å². The van der Waals surface area contributed by atoms with Crippen LogP contribution in [-0.2, 0) is 6.54 Å². The van der Waals surface area contributed by atoms with Crippen LogP contribution < -0.4 is 5.32 Å². The van der Waals surface area contributed by atoms with E-state index in [1.165, 1.54) is 36.0 Å². The summed E-state index contributed by atoms with van der Waals surface area (Å²) >= 11 is 0. The molecule has 22 heavy (non-hydrogen) atoms. The third kappa shape index (κ3) is 3.22. The van der Waals surface area contributed by atoms with Crippen LogP contribution in [0.2, 0.25) is 0 Å². The summed E-state index contributed by atoms with van der Waals surface area (Å²) in [6.45, 7) is 9.85. The second kappa shape index (κ2) is 6.78. The van der Waals surface area contributed by atoms with Crippen LogP contribution in [0.15, 0.2) is 60.3 Å². The van der Waals surface area contributed by atoms with Gasteiger partial charge in [-0.25, -0.2) is 0 Å². The zero-order chi connectivity index (χ0) is 15.4. The highest BCUT2D eigenvalue weighted by Crippen LogP contribution is 2.36. The zero-order valence-electron chi connectivity index (χ0n) is 13.1. The maximum atomic E-state index is 4.26. The second-order valence-electron chi connectivity index (χ2n) is 6.20. The third-order valence-corrected chi connectivity index (χ3v) is 4.78. The molecule has 1 aliphatic heterocycles. The summed E-state index contributed by atoms with van der Waals surface area (Å²) in [5.41, 5.74) is 5.02. The first-order valence-electron chi connectivity index (χ1n) is 8.11. The van der Waals surface area contributed by atoms with Crippen molar-refractivity contribution < 1.29 is 0 Å². The summed E-state index contributed by atoms with van der Waals surface area (Å²) in [7, 11) is 0. The lowest BCUT2D eigenvalue weighted by Gasteiger charge is -2.20. The van der Waals surface area contributed by atoms with Crippen LogP contribution in [0.5, 0.6) is 0 Å². The molecule has 0 saturated heterocycles. The number of rotatable bonds is 6. The van der Waals surface area contributed by atoms with E-state index in [0.29, 0.717) is 11.8 Å². The lowest BCUT2D eigenvalue weighted by atomic mass is 9.93. The van der Waals surface area contributed by atoms with E-state index in [1.807, 2.05) is 6.21 Å². The Labute approximate surface area is 133 Å². The number of hydrogen-bond donors (Lipinski definition) is 1. The maximum Gasteiger partial charge on any atom is 0.0646 e. The molecule has 0 amide bonds. The molecule has 1 fully saturated rings. The van der Waals surface area contributed by atoms with Crippen LogP contribution in [0.4, 0.5) is 0 Å². The molecule has 1 aromatic carbocycles. The summed E-state index contributed by atoms with van der Waals surface area (Å²) in [4.78, 5) is 4.26. The Morgan fingerprint density at radius 3 is 3.05 bits per heavy atom. The van der Waals surface area contributed by atoms with Crippen LogP contribution in [0.1, 0.15) is 30.4 Å². The van der Waals surface area contributed by atoms with E-state index in [-0.39, 0.29) is 0 Å². The lowest BCUT2D eigenvalue weighted by Crippen LogP contribution is -2.21. The minimum atomic E-state index is 0.548. The molecule has 0 radical (unpaired) electrons. The van der Waals surface area contributed by atoms with Crippen molar-refractivity contribution in [2.24, 2.45) is 16.8 Å². The number of aliphatic imine (C=N–C) groups is 1. The smallest absolute Gasteiger partial charge is 0.0646 e. The molecule has 1 aliphatic carbocycles. The van der Waals surface area contributed by atoms with Gasteiger partial charge < -0.3 is 5.32 Å². The number of allylic oxidation sites excluding steroid dienone is 3. The number of nitrogens with zero attached hydrogens (tertiary/aromatic N) is 1. The minimum absolute atomic E-state index is 0.548. The Bertz CT molecular complexity index is 624. The quantitative estimate of drug-likeness (QED) is 0.774. The molecule has 1 saturated carbocycles. The Kier molecular flexibility index (Phi) is 4.57. The van der Waals surface area contributed by atoms with Gasteiger partial charge in [0.05, 0.1) is 6.54 Å². The second-order valence-corrected chi connectivity index (χ2v) is 6.20. The van der Waals surface area contributed by atoms with Crippen LogP contribution in [0.25, 0.3) is 5.57 Å². The molecule has 1 heterocycles. The van der Waals surface area contributed by atoms with Crippen molar-refractivity contribution in [2.75, 3.05) is 6.54 Å². The van der Waals surface area contributed by atoms with Crippen LogP contribution in [0, 0.1) is 11.8 Å². The summed E-state index contributed by atoms with van der Waals surface area (Å²) in [6, 6.07) is 8.69. The molecule has 2 heteroatoms. The number of hydrogen-bond acceptors (Lipinski definition) is 2. The molecular weight excluding hydrogens is 268 g/mol. The predicted octanol–water partition coefficient (Wildman–Crippen LogP) is 4.36. The van der Waals surface area contributed by atoms with E-state index >= 15 is 0 Å². The summed E-state index contributed by atoms with van der Waals surface area (Å²) < 4.78 is 0. The van der Waals surface area contributed by atoms with Crippen LogP contribution in [0.3, 0.4) is 0 Å². The first-order chi connectivity index (χ1) is 10.8. The molecule has 1 N–H and O–H groups in total. The molecule has 114 valence electrons. The average Bonchev–Trinajstić information content (AvgIpc) is 3.23. The highest BCUT2D eigenvalue weighted by Gasteiger charge is 2.26. The van der Waals surface area contributed by atoms with Crippen molar-refractivity contribution in [3.63, 3.8) is 0 Å². The van der Waals surface area contributed by atoms with Crippen LogP contribution in [-0.4, -0.2) is 12.8 Å². The molecule has 0 bridgehead atoms. The van der Waals surface area contributed by atoms with Crippen LogP contribution >= 0.6 is 0 Å². The fourth-order valence-electron chi connectivity index (χ4n) is 3.47. The van der Waals surface area contributed by atoms with Crippen molar-refractivity contribution in [3.05, 3.63) is 66.4 Å². The standard InChI is InChI=1S/C20H24N2/c1-3-17-7-5-9-20(17)15(2)22-13-16-6-4-8-18(12-16)19-10-11-21-14-19/h3-4,6,8,10-12,17,20,22H,1-2,5,7,9,13-14H2. The van der Waals surface area contributed by atoms with Gasteiger partial charge in [-0.3, -0.25) is 4.99 Å². The molecule has 2 atom stereocenters. The molecule has 2 nitrogen and oxygen atoms in total. The third-order valence-electron chi connectivity index (χ3n) is 4.78. The Morgan fingerprint density at radius 2 is 2.27 bits per heavy atom. The van der Waals surface area contributed by atoms with Gasteiger partial charge in [0.1, 0.15) is 0 Å². The van der Waals surface area contributed by atoms with E-state index in [9.17, 15) is 0 Å². The summed E-state index contributed by atoms with van der Waals surface area (Å²) in [6.07, 6.45) is 9.84. The lowest BCUT2D eigenvalue weighted by molar-refractivity contribution is 0.494. The zero-order valence-corrected chi connectivity index (χ0v) is 13.1. The molecule has 0 spiro atoms. The van der Waals surface area contributed by atoms with Gasteiger partial charge in [-0.15, -0.1) is 6.58 Å². The number of nitrogens with one attached hydrogen (secondary N) is 1. The van der Waals surface area contributed by atoms with Gasteiger partial charge in [0, 0.05) is 24.4 Å². The van der Waals surface area contributed by atoms with E-state index in [4.69, 9.17) is 0 Å². The van der Waals surface area contributed by atoms with Gasteiger partial charge in [0.2, 0.25) is 0 Å². The molecule has 3 rings (SSSR count). The fourth-order valence-corrected chi connectivity index (χ4v) is 3.47. The minimum Gasteiger partial charge on any atom is -0.384 e. The Hall–Kier alpha value is -2.09. The van der Waals surface area contributed by atoms with Crippen molar-refractivity contribution in [1.82, 2.24) is 5.32 Å². The van der Waals surface area contributed by atoms with Crippen molar-refractivity contribution >= 4 is 11.8 Å². The van der Waals surface area contributed by atoms with Gasteiger partial charge in [0.25, 0.3) is 0 Å². The first kappa shape index (κ1) is 14.8. The van der Waals surface area contributed by atoms with E-state index in [2.05, 4.69) is 59.9 Å². The molecule has 2 unspecified atom stereocenters. The maximum absolute atomic E-state index is 4.26. The summed E-state index contributed by atoms with van der Waals surface area (Å²) in [5.74, 6) is 1.14. The largest absolute Gasteiger partial charge is 0.384 e. The predicted molar refractivity (Wildman–Crippen MR) is 94.8 cm³/mol. The van der Waals surface area contributed by atoms with E-state index in [1.54, 1.807) is 0 Å². The molecule has 2 aliphatic rings. The van der Waals surface area contributed by atoms with Gasteiger partial charge in [-0.1, -0.05) is 37.3 Å². The van der Waals surface area contributed by atoms with Crippen molar-refractivity contribution in [3.8, 4) is 0 Å². The van der Waals surface area contributed by atoms with Gasteiger partial charge in [0.15, 0.2) is 0 Å². The Balaban J connectivity index is 1.60. The normalized spacial score (nSPS) is 23.4. The fraction of sp³-hybridized carbons (Fsp3) is 0.350. The SMILES string of the molecule is C=CC1CCCC1C(=C)NCc1cccc(C2=CC=NC2)c1. The van der Waals surface area contributed by atoms with Crippen molar-refractivity contribution in [1.29, 1.82) is 0 Å². The molecule has 0 aromatic heterocycles. The van der Waals surface area contributed by atoms with Gasteiger partial charge in [-0.2, -0.15) is 0 Å². The average molecular weight is 292 g/mol. The highest BCUT2D eigenvalue weighted by atomic mass is 14.9. The Morgan fingerprint density at radius 1 is 1.36 bits per heavy atom. The van der Waals surface area contributed by atoms with E-state index < -0.39 is 0 Å². The molecule has 1 aromatic rings. The monoisotopic (exact) mass is 292 g/mol. The van der Waals surface area contributed by atoms with Crippen molar-refractivity contribution in [2.45, 2.75) is 25.8 Å².